The van der Waals surface area contributed by atoms with Crippen LogP contribution < -0.4 is 10.6 Å². The average molecular weight is 759 g/mol. The van der Waals surface area contributed by atoms with E-state index in [4.69, 9.17) is 0 Å². The van der Waals surface area contributed by atoms with Crippen molar-refractivity contribution < 1.29 is 9.59 Å². The molecule has 4 atom stereocenters. The van der Waals surface area contributed by atoms with Crippen LogP contribution in [0.5, 0.6) is 0 Å². The number of nitrogens with one attached hydrogen (secondary N) is 4. The molecule has 6 aromatic rings. The molecule has 12 heteroatoms. The van der Waals surface area contributed by atoms with Crippen LogP contribution in [0.15, 0.2) is 122 Å². The Balaban J connectivity index is 1.09. The van der Waals surface area contributed by atoms with Gasteiger partial charge in [0.25, 0.3) is 0 Å². The topological polar surface area (TPSA) is 122 Å². The van der Waals surface area contributed by atoms with Crippen LogP contribution in [0.25, 0.3) is 33.6 Å². The highest BCUT2D eigenvalue weighted by Crippen LogP contribution is 2.29. The van der Waals surface area contributed by atoms with Crippen LogP contribution >= 0.6 is 25.3 Å². The minimum atomic E-state index is -0.437. The maximum atomic E-state index is 13.4. The Morgan fingerprint density at radius 3 is 1.20 bits per heavy atom. The quantitative estimate of drug-likeness (QED) is 0.0634. The first-order valence-corrected chi connectivity index (χ1v) is 19.0. The Morgan fingerprint density at radius 2 is 0.889 bits per heavy atom. The van der Waals surface area contributed by atoms with Gasteiger partial charge in [0.15, 0.2) is 0 Å². The number of imidazole rings is 2. The molecule has 0 aliphatic carbocycles. The van der Waals surface area contributed by atoms with Crippen LogP contribution in [-0.4, -0.2) is 81.2 Å². The first-order chi connectivity index (χ1) is 26.2. The third-order valence-corrected chi connectivity index (χ3v) is 10.1. The van der Waals surface area contributed by atoms with Gasteiger partial charge >= 0.3 is 0 Å². The number of nitrogens with zero attached hydrogens (tertiary/aromatic N) is 4. The van der Waals surface area contributed by atoms with E-state index in [1.165, 1.54) is 0 Å². The number of likely N-dealkylation sites (N-methyl/N-ethyl adjacent to an activating group) is 2. The van der Waals surface area contributed by atoms with E-state index < -0.39 is 12.1 Å². The highest BCUT2D eigenvalue weighted by molar-refractivity contribution is 7.80. The molecule has 0 aliphatic heterocycles. The number of thiol groups is 2. The number of hydrogen-bond acceptors (Lipinski definition) is 8. The molecule has 0 spiro atoms. The molecule has 0 radical (unpaired) electrons. The summed E-state index contributed by atoms with van der Waals surface area (Å²) in [5.41, 5.74) is 7.63. The van der Waals surface area contributed by atoms with Crippen LogP contribution in [0.2, 0.25) is 0 Å². The summed E-state index contributed by atoms with van der Waals surface area (Å²) in [6.45, 7) is 0. The predicted octanol–water partition coefficient (Wildman–Crippen LogP) is 6.91. The molecule has 0 bridgehead atoms. The fourth-order valence-electron chi connectivity index (χ4n) is 6.55. The number of benzene rings is 4. The van der Waals surface area contributed by atoms with Crippen molar-refractivity contribution >= 4 is 37.1 Å². The van der Waals surface area contributed by atoms with Gasteiger partial charge in [-0.25, -0.2) is 9.97 Å². The first kappa shape index (κ1) is 38.6. The van der Waals surface area contributed by atoms with Gasteiger partial charge < -0.3 is 20.6 Å². The SMILES string of the molecule is CN(C)[C@@H](C(=O)N[C@@H](CS)c1ncc(-c2ccc(-c3ccc(-c4cnc([C@H](CS)NC(=O)[C@@H](c5ccccc5)N(C)C)[nH]4)cc3)cc2)[nH]1)c1ccccc1. The summed E-state index contributed by atoms with van der Waals surface area (Å²) >= 11 is 9.05. The molecule has 4 N–H and O–H groups in total. The monoisotopic (exact) mass is 758 g/mol. The van der Waals surface area contributed by atoms with Crippen molar-refractivity contribution in [2.45, 2.75) is 24.2 Å². The average Bonchev–Trinajstić information content (AvgIpc) is 3.88. The second-order valence-corrected chi connectivity index (χ2v) is 14.3. The van der Waals surface area contributed by atoms with E-state index in [2.05, 4.69) is 104 Å². The molecule has 6 rings (SSSR count). The smallest absolute Gasteiger partial charge is 0.242 e. The zero-order chi connectivity index (χ0) is 38.2. The number of carbonyl (C=O) groups is 2. The summed E-state index contributed by atoms with van der Waals surface area (Å²) in [5, 5.41) is 6.25. The molecule has 0 fully saturated rings. The molecular formula is C42H46N8O2S2. The van der Waals surface area contributed by atoms with Gasteiger partial charge in [0.2, 0.25) is 11.8 Å². The molecule has 2 heterocycles. The van der Waals surface area contributed by atoms with Gasteiger partial charge in [-0.15, -0.1) is 0 Å². The lowest BCUT2D eigenvalue weighted by atomic mass is 10.0. The lowest BCUT2D eigenvalue weighted by molar-refractivity contribution is -0.127. The van der Waals surface area contributed by atoms with E-state index in [0.717, 1.165) is 44.8 Å². The number of aromatic nitrogens is 4. The number of H-pyrrole nitrogens is 2. The molecule has 54 heavy (non-hydrogen) atoms. The third-order valence-electron chi connectivity index (χ3n) is 9.33. The fourth-order valence-corrected chi connectivity index (χ4v) is 7.07. The maximum absolute atomic E-state index is 13.4. The van der Waals surface area contributed by atoms with Gasteiger partial charge in [0, 0.05) is 11.5 Å². The molecule has 0 saturated carbocycles. The Bertz CT molecular complexity index is 1960. The molecule has 2 aromatic heterocycles. The van der Waals surface area contributed by atoms with Gasteiger partial charge in [-0.1, -0.05) is 109 Å². The summed E-state index contributed by atoms with van der Waals surface area (Å²) in [5.74, 6) is 1.84. The van der Waals surface area contributed by atoms with Crippen molar-refractivity contribution in [3.05, 3.63) is 144 Å². The largest absolute Gasteiger partial charge is 0.344 e. The van der Waals surface area contributed by atoms with Crippen LogP contribution in [0, 0.1) is 0 Å². The first-order valence-electron chi connectivity index (χ1n) is 17.7. The second-order valence-electron chi connectivity index (χ2n) is 13.6. The van der Waals surface area contributed by atoms with E-state index in [0.29, 0.717) is 23.2 Å². The van der Waals surface area contributed by atoms with E-state index in [1.54, 1.807) is 12.4 Å². The summed E-state index contributed by atoms with van der Waals surface area (Å²) in [4.78, 5) is 46.6. The Morgan fingerprint density at radius 1 is 0.556 bits per heavy atom. The van der Waals surface area contributed by atoms with E-state index in [1.807, 2.05) is 98.7 Å². The summed E-state index contributed by atoms with van der Waals surface area (Å²) < 4.78 is 0. The number of amides is 2. The Labute approximate surface area is 327 Å². The van der Waals surface area contributed by atoms with Gasteiger partial charge in [0.1, 0.15) is 23.7 Å². The minimum Gasteiger partial charge on any atom is -0.344 e. The summed E-state index contributed by atoms with van der Waals surface area (Å²) in [7, 11) is 7.57. The van der Waals surface area contributed by atoms with Gasteiger partial charge in [-0.2, -0.15) is 25.3 Å². The van der Waals surface area contributed by atoms with Crippen molar-refractivity contribution in [2.75, 3.05) is 39.7 Å². The zero-order valence-corrected chi connectivity index (χ0v) is 32.6. The molecule has 10 nitrogen and oxygen atoms in total. The Kier molecular flexibility index (Phi) is 12.7. The van der Waals surface area contributed by atoms with Crippen LogP contribution in [-0.2, 0) is 9.59 Å². The molecule has 0 unspecified atom stereocenters. The van der Waals surface area contributed by atoms with Gasteiger partial charge in [-0.3, -0.25) is 19.4 Å². The normalized spacial score (nSPS) is 13.7. The third kappa shape index (κ3) is 8.96. The lowest BCUT2D eigenvalue weighted by Crippen LogP contribution is -2.39. The van der Waals surface area contributed by atoms with E-state index >= 15 is 0 Å². The number of aromatic amines is 2. The van der Waals surface area contributed by atoms with Crippen molar-refractivity contribution in [2.24, 2.45) is 0 Å². The van der Waals surface area contributed by atoms with Crippen molar-refractivity contribution in [3.63, 3.8) is 0 Å². The predicted molar refractivity (Wildman–Crippen MR) is 222 cm³/mol. The number of hydrogen-bond donors (Lipinski definition) is 6. The van der Waals surface area contributed by atoms with Crippen molar-refractivity contribution in [1.29, 1.82) is 0 Å². The van der Waals surface area contributed by atoms with Gasteiger partial charge in [0.05, 0.1) is 35.9 Å². The highest BCUT2D eigenvalue weighted by Gasteiger charge is 2.28. The lowest BCUT2D eigenvalue weighted by Gasteiger charge is -2.26. The van der Waals surface area contributed by atoms with E-state index in [-0.39, 0.29) is 23.9 Å². The van der Waals surface area contributed by atoms with Crippen molar-refractivity contribution in [3.8, 4) is 33.6 Å². The summed E-state index contributed by atoms with van der Waals surface area (Å²) in [6.07, 6.45) is 3.57. The second kappa shape index (κ2) is 17.8. The zero-order valence-electron chi connectivity index (χ0n) is 30.8. The molecule has 0 aliphatic rings. The molecular weight excluding hydrogens is 713 g/mol. The van der Waals surface area contributed by atoms with Crippen molar-refractivity contribution in [1.82, 2.24) is 40.4 Å². The number of rotatable bonds is 15. The molecule has 4 aromatic carbocycles. The number of carbonyl (C=O) groups excluding carboxylic acids is 2. The van der Waals surface area contributed by atoms with Crippen LogP contribution in [0.4, 0.5) is 0 Å². The summed E-state index contributed by atoms with van der Waals surface area (Å²) in [6, 6.07) is 34.3. The standard InChI is InChI=1S/C42H46N8O2S2/c1-49(2)37(31-11-7-5-8-12-31)41(51)47-35(25-53)39-43-23-33(45-39)29-19-15-27(16-20-29)28-17-21-30(22-18-28)34-24-44-40(46-34)36(26-54)48-42(52)38(50(3)4)32-13-9-6-10-14-32/h5-24,35-38,53-54H,25-26H2,1-4H3,(H,43,45)(H,44,46)(H,47,51)(H,48,52)/t35-,36-,37+,38+/m0/s1. The Hall–Kier alpha value is -5.14. The molecule has 278 valence electrons. The minimum absolute atomic E-state index is 0.116. The van der Waals surface area contributed by atoms with Crippen LogP contribution in [0.1, 0.15) is 46.9 Å². The highest BCUT2D eigenvalue weighted by atomic mass is 32.1. The maximum Gasteiger partial charge on any atom is 0.242 e. The molecule has 0 saturated heterocycles. The fraction of sp³-hybridized carbons (Fsp3) is 0.238. The molecule has 2 amide bonds. The van der Waals surface area contributed by atoms with Gasteiger partial charge in [-0.05, 0) is 61.6 Å². The van der Waals surface area contributed by atoms with Crippen LogP contribution in [0.3, 0.4) is 0 Å². The van der Waals surface area contributed by atoms with E-state index in [9.17, 15) is 9.59 Å².